The molecule has 0 atom stereocenters. The monoisotopic (exact) mass is 449 g/mol. The Kier molecular flexibility index (Phi) is 7.36. The van der Waals surface area contributed by atoms with Crippen molar-refractivity contribution in [2.75, 3.05) is 56.5 Å². The van der Waals surface area contributed by atoms with E-state index < -0.39 is 0 Å². The molecule has 0 saturated carbocycles. The molecule has 2 N–H and O–H groups in total. The Bertz CT molecular complexity index is 999. The second kappa shape index (κ2) is 10.6. The van der Waals surface area contributed by atoms with E-state index in [1.54, 1.807) is 29.2 Å². The Hall–Kier alpha value is -3.23. The molecule has 4 rings (SSSR count). The molecule has 0 bridgehead atoms. The summed E-state index contributed by atoms with van der Waals surface area (Å²) >= 11 is 0. The Balaban J connectivity index is 1.25. The van der Waals surface area contributed by atoms with Crippen LogP contribution in [0.1, 0.15) is 28.8 Å². The number of nitrogens with one attached hydrogen (secondary N) is 2. The van der Waals surface area contributed by atoms with Crippen LogP contribution in [-0.4, -0.2) is 73.8 Å². The summed E-state index contributed by atoms with van der Waals surface area (Å²) in [5.41, 5.74) is 3.12. The van der Waals surface area contributed by atoms with Crippen LogP contribution in [0.3, 0.4) is 0 Å². The van der Waals surface area contributed by atoms with E-state index >= 15 is 0 Å². The zero-order valence-electron chi connectivity index (χ0n) is 19.0. The minimum Gasteiger partial charge on any atom is -0.343 e. The van der Waals surface area contributed by atoms with Gasteiger partial charge in [-0.2, -0.15) is 0 Å². The fourth-order valence-corrected chi connectivity index (χ4v) is 4.19. The molecule has 8 heteroatoms. The first kappa shape index (κ1) is 22.9. The van der Waals surface area contributed by atoms with Gasteiger partial charge in [0.15, 0.2) is 0 Å². The molecule has 2 aliphatic heterocycles. The standard InChI is InChI=1S/C25H31N5O3/c1-28-12-14-29(15-13-28)18-19-4-2-5-21(16-19)27-23(31)17-26-25(33)20-7-9-22(10-8-20)30-11-3-6-24(30)32/h2,4-5,7-10,16H,3,6,11-15,17-18H2,1H3,(H,26,33)(H,27,31). The van der Waals surface area contributed by atoms with Crippen LogP contribution in [0.15, 0.2) is 48.5 Å². The van der Waals surface area contributed by atoms with Gasteiger partial charge in [-0.25, -0.2) is 0 Å². The first-order valence-electron chi connectivity index (χ1n) is 11.5. The van der Waals surface area contributed by atoms with Crippen molar-refractivity contribution in [1.82, 2.24) is 15.1 Å². The fraction of sp³-hybridized carbons (Fsp3) is 0.400. The van der Waals surface area contributed by atoms with Gasteiger partial charge in [-0.15, -0.1) is 0 Å². The maximum atomic E-state index is 12.4. The van der Waals surface area contributed by atoms with E-state index in [0.29, 0.717) is 18.5 Å². The third-order valence-corrected chi connectivity index (χ3v) is 6.14. The number of benzene rings is 2. The molecule has 2 aliphatic rings. The van der Waals surface area contributed by atoms with Crippen LogP contribution in [-0.2, 0) is 16.1 Å². The molecule has 0 spiro atoms. The van der Waals surface area contributed by atoms with Gasteiger partial charge in [0, 0.05) is 62.6 Å². The van der Waals surface area contributed by atoms with Crippen molar-refractivity contribution in [3.8, 4) is 0 Å². The lowest BCUT2D eigenvalue weighted by Gasteiger charge is -2.32. The number of hydrogen-bond donors (Lipinski definition) is 2. The predicted molar refractivity (Wildman–Crippen MR) is 128 cm³/mol. The van der Waals surface area contributed by atoms with Crippen LogP contribution >= 0.6 is 0 Å². The van der Waals surface area contributed by atoms with Crippen molar-refractivity contribution in [2.45, 2.75) is 19.4 Å². The lowest BCUT2D eigenvalue weighted by atomic mass is 10.1. The van der Waals surface area contributed by atoms with Crippen LogP contribution in [0, 0.1) is 0 Å². The van der Waals surface area contributed by atoms with Gasteiger partial charge in [0.25, 0.3) is 5.91 Å². The van der Waals surface area contributed by atoms with Gasteiger partial charge >= 0.3 is 0 Å². The molecule has 8 nitrogen and oxygen atoms in total. The lowest BCUT2D eigenvalue weighted by molar-refractivity contribution is -0.117. The molecule has 0 aliphatic carbocycles. The Morgan fingerprint density at radius 2 is 1.73 bits per heavy atom. The first-order chi connectivity index (χ1) is 16.0. The van der Waals surface area contributed by atoms with Gasteiger partial charge < -0.3 is 20.4 Å². The maximum Gasteiger partial charge on any atom is 0.251 e. The van der Waals surface area contributed by atoms with Gasteiger partial charge in [0.2, 0.25) is 11.8 Å². The summed E-state index contributed by atoms with van der Waals surface area (Å²) in [7, 11) is 2.14. The average molecular weight is 450 g/mol. The molecule has 2 aromatic carbocycles. The normalized spacial score (nSPS) is 17.2. The minimum atomic E-state index is -0.326. The summed E-state index contributed by atoms with van der Waals surface area (Å²) in [5, 5.41) is 5.52. The fourth-order valence-electron chi connectivity index (χ4n) is 4.19. The van der Waals surface area contributed by atoms with E-state index in [1.807, 2.05) is 18.2 Å². The second-order valence-corrected chi connectivity index (χ2v) is 8.71. The summed E-state index contributed by atoms with van der Waals surface area (Å²) in [5.74, 6) is -0.496. The van der Waals surface area contributed by atoms with Gasteiger partial charge in [0.1, 0.15) is 0 Å². The van der Waals surface area contributed by atoms with Crippen LogP contribution in [0.2, 0.25) is 0 Å². The van der Waals surface area contributed by atoms with Crippen molar-refractivity contribution >= 4 is 29.1 Å². The summed E-state index contributed by atoms with van der Waals surface area (Å²) in [4.78, 5) is 43.1. The highest BCUT2D eigenvalue weighted by Gasteiger charge is 2.21. The number of amides is 3. The Morgan fingerprint density at radius 1 is 0.970 bits per heavy atom. The number of likely N-dealkylation sites (N-methyl/N-ethyl adjacent to an activating group) is 1. The zero-order valence-corrected chi connectivity index (χ0v) is 19.0. The third kappa shape index (κ3) is 6.18. The number of carbonyl (C=O) groups excluding carboxylic acids is 3. The van der Waals surface area contributed by atoms with E-state index in [4.69, 9.17) is 0 Å². The number of carbonyl (C=O) groups is 3. The summed E-state index contributed by atoms with van der Waals surface area (Å²) in [6, 6.07) is 14.7. The predicted octanol–water partition coefficient (Wildman–Crippen LogP) is 1.93. The van der Waals surface area contributed by atoms with Crippen LogP contribution in [0.4, 0.5) is 11.4 Å². The molecule has 0 aromatic heterocycles. The summed E-state index contributed by atoms with van der Waals surface area (Å²) < 4.78 is 0. The molecule has 0 unspecified atom stereocenters. The number of rotatable bonds is 7. The van der Waals surface area contributed by atoms with Gasteiger partial charge in [0.05, 0.1) is 6.54 Å². The van der Waals surface area contributed by atoms with Gasteiger partial charge in [-0.3, -0.25) is 19.3 Å². The van der Waals surface area contributed by atoms with E-state index in [1.165, 1.54) is 0 Å². The highest BCUT2D eigenvalue weighted by Crippen LogP contribution is 2.21. The first-order valence-corrected chi connectivity index (χ1v) is 11.5. The third-order valence-electron chi connectivity index (χ3n) is 6.14. The zero-order chi connectivity index (χ0) is 23.2. The Morgan fingerprint density at radius 3 is 2.42 bits per heavy atom. The van der Waals surface area contributed by atoms with Crippen LogP contribution in [0.5, 0.6) is 0 Å². The van der Waals surface area contributed by atoms with Crippen LogP contribution < -0.4 is 15.5 Å². The molecule has 3 amide bonds. The average Bonchev–Trinajstić information content (AvgIpc) is 3.25. The molecule has 33 heavy (non-hydrogen) atoms. The molecule has 2 saturated heterocycles. The quantitative estimate of drug-likeness (QED) is 0.675. The molecule has 0 radical (unpaired) electrons. The SMILES string of the molecule is CN1CCN(Cc2cccc(NC(=O)CNC(=O)c3ccc(N4CCCC4=O)cc3)c2)CC1. The van der Waals surface area contributed by atoms with E-state index in [2.05, 4.69) is 33.5 Å². The van der Waals surface area contributed by atoms with Crippen molar-refractivity contribution in [1.29, 1.82) is 0 Å². The van der Waals surface area contributed by atoms with Gasteiger partial charge in [-0.1, -0.05) is 12.1 Å². The topological polar surface area (TPSA) is 85.0 Å². The molecule has 2 fully saturated rings. The number of nitrogens with zero attached hydrogens (tertiary/aromatic N) is 3. The summed E-state index contributed by atoms with van der Waals surface area (Å²) in [6.07, 6.45) is 1.42. The second-order valence-electron chi connectivity index (χ2n) is 8.71. The number of piperazine rings is 1. The largest absolute Gasteiger partial charge is 0.343 e. The van der Waals surface area contributed by atoms with E-state index in [-0.39, 0.29) is 24.3 Å². The lowest BCUT2D eigenvalue weighted by Crippen LogP contribution is -2.43. The van der Waals surface area contributed by atoms with Crippen molar-refractivity contribution in [3.05, 3.63) is 59.7 Å². The van der Waals surface area contributed by atoms with E-state index in [9.17, 15) is 14.4 Å². The molecule has 174 valence electrons. The highest BCUT2D eigenvalue weighted by molar-refractivity contribution is 6.00. The number of anilines is 2. The van der Waals surface area contributed by atoms with Crippen LogP contribution in [0.25, 0.3) is 0 Å². The Labute approximate surface area is 194 Å². The molecule has 2 heterocycles. The number of hydrogen-bond acceptors (Lipinski definition) is 5. The maximum absolute atomic E-state index is 12.4. The molecule has 2 aromatic rings. The van der Waals surface area contributed by atoms with Crippen molar-refractivity contribution in [3.63, 3.8) is 0 Å². The minimum absolute atomic E-state index is 0.108. The smallest absolute Gasteiger partial charge is 0.251 e. The molecular formula is C25H31N5O3. The van der Waals surface area contributed by atoms with Crippen molar-refractivity contribution in [2.24, 2.45) is 0 Å². The van der Waals surface area contributed by atoms with Gasteiger partial charge in [-0.05, 0) is 55.4 Å². The van der Waals surface area contributed by atoms with E-state index in [0.717, 1.165) is 56.1 Å². The highest BCUT2D eigenvalue weighted by atomic mass is 16.2. The van der Waals surface area contributed by atoms with Crippen molar-refractivity contribution < 1.29 is 14.4 Å². The summed E-state index contributed by atoms with van der Waals surface area (Å²) in [6.45, 7) is 5.65. The molecular weight excluding hydrogens is 418 g/mol.